The van der Waals surface area contributed by atoms with Crippen LogP contribution in [-0.2, 0) is 0 Å². The summed E-state index contributed by atoms with van der Waals surface area (Å²) in [6.45, 7) is 6.99. The number of benzene rings is 1. The van der Waals surface area contributed by atoms with Crippen molar-refractivity contribution in [2.24, 2.45) is 16.7 Å². The minimum Gasteiger partial charge on any atom is -0.376 e. The van der Waals surface area contributed by atoms with E-state index in [4.69, 9.17) is 11.6 Å². The Morgan fingerprint density at radius 3 is 2.62 bits per heavy atom. The maximum absolute atomic E-state index is 11.2. The second-order valence-corrected chi connectivity index (χ2v) is 7.66. The summed E-state index contributed by atoms with van der Waals surface area (Å²) in [6.07, 6.45) is 3.54. The van der Waals surface area contributed by atoms with Crippen LogP contribution in [0.3, 0.4) is 0 Å². The Morgan fingerprint density at radius 2 is 2.10 bits per heavy atom. The van der Waals surface area contributed by atoms with Crippen molar-refractivity contribution in [3.63, 3.8) is 0 Å². The van der Waals surface area contributed by atoms with Crippen LogP contribution in [0.4, 0.5) is 11.4 Å². The molecule has 0 heterocycles. The maximum atomic E-state index is 11.2. The van der Waals surface area contributed by atoms with Crippen LogP contribution in [0.2, 0.25) is 5.02 Å². The highest BCUT2D eigenvalue weighted by atomic mass is 35.5. The van der Waals surface area contributed by atoms with Crippen LogP contribution in [0.25, 0.3) is 0 Å². The normalized spacial score (nSPS) is 33.1. The Balaban J connectivity index is 1.91. The fourth-order valence-electron chi connectivity index (χ4n) is 4.39. The molecule has 0 amide bonds. The molecule has 2 bridgehead atoms. The van der Waals surface area contributed by atoms with Crippen LogP contribution in [-0.4, -0.2) is 11.0 Å². The van der Waals surface area contributed by atoms with Crippen LogP contribution in [0.5, 0.6) is 0 Å². The molecule has 21 heavy (non-hydrogen) atoms. The molecule has 0 saturated heterocycles. The van der Waals surface area contributed by atoms with E-state index in [9.17, 15) is 10.1 Å². The first-order valence-corrected chi connectivity index (χ1v) is 7.84. The number of nitro groups is 1. The molecule has 2 aliphatic carbocycles. The van der Waals surface area contributed by atoms with Crippen molar-refractivity contribution in [2.75, 3.05) is 5.32 Å². The van der Waals surface area contributed by atoms with E-state index in [1.54, 1.807) is 12.1 Å². The molecule has 3 unspecified atom stereocenters. The van der Waals surface area contributed by atoms with Gasteiger partial charge in [-0.25, -0.2) is 0 Å². The van der Waals surface area contributed by atoms with E-state index in [1.165, 1.54) is 18.9 Å². The Kier molecular flexibility index (Phi) is 3.21. The lowest BCUT2D eigenvalue weighted by molar-refractivity contribution is -0.384. The number of nitrogens with one attached hydrogen (secondary N) is 1. The van der Waals surface area contributed by atoms with Crippen molar-refractivity contribution in [3.05, 3.63) is 33.3 Å². The van der Waals surface area contributed by atoms with E-state index in [0.29, 0.717) is 16.6 Å². The molecule has 0 radical (unpaired) electrons. The third-order valence-corrected chi connectivity index (χ3v) is 6.52. The average molecular weight is 309 g/mol. The zero-order valence-electron chi connectivity index (χ0n) is 12.6. The molecule has 2 aliphatic rings. The first-order valence-electron chi connectivity index (χ1n) is 7.46. The maximum Gasteiger partial charge on any atom is 0.293 e. The van der Waals surface area contributed by atoms with Crippen molar-refractivity contribution in [3.8, 4) is 0 Å². The van der Waals surface area contributed by atoms with Gasteiger partial charge in [-0.3, -0.25) is 10.1 Å². The first kappa shape index (κ1) is 14.6. The monoisotopic (exact) mass is 308 g/mol. The minimum atomic E-state index is -0.366. The molecular formula is C16H21ClN2O2. The first-order chi connectivity index (χ1) is 9.75. The van der Waals surface area contributed by atoms with Gasteiger partial charge in [0, 0.05) is 17.1 Å². The van der Waals surface area contributed by atoms with Crippen molar-refractivity contribution in [1.82, 2.24) is 0 Å². The largest absolute Gasteiger partial charge is 0.376 e. The molecule has 1 N–H and O–H groups in total. The molecule has 2 fully saturated rings. The van der Waals surface area contributed by atoms with Gasteiger partial charge < -0.3 is 5.32 Å². The van der Waals surface area contributed by atoms with Crippen molar-refractivity contribution < 1.29 is 4.92 Å². The third-order valence-electron chi connectivity index (χ3n) is 6.28. The van der Waals surface area contributed by atoms with Gasteiger partial charge in [0.2, 0.25) is 0 Å². The summed E-state index contributed by atoms with van der Waals surface area (Å²) in [5.74, 6) is 0.700. The Labute approximate surface area is 130 Å². The summed E-state index contributed by atoms with van der Waals surface area (Å²) in [5.41, 5.74) is 1.11. The molecule has 0 aliphatic heterocycles. The molecule has 3 rings (SSSR count). The van der Waals surface area contributed by atoms with Gasteiger partial charge in [0.15, 0.2) is 0 Å². The predicted octanol–water partition coefficient (Wildman–Crippen LogP) is 4.87. The van der Waals surface area contributed by atoms with Gasteiger partial charge in [0.25, 0.3) is 5.69 Å². The second kappa shape index (κ2) is 4.60. The summed E-state index contributed by atoms with van der Waals surface area (Å²) in [5, 5.41) is 15.1. The van der Waals surface area contributed by atoms with E-state index in [1.807, 2.05) is 0 Å². The van der Waals surface area contributed by atoms with Gasteiger partial charge in [0.1, 0.15) is 5.69 Å². The predicted molar refractivity (Wildman–Crippen MR) is 84.7 cm³/mol. The van der Waals surface area contributed by atoms with Gasteiger partial charge in [-0.1, -0.05) is 32.4 Å². The molecule has 1 aromatic rings. The second-order valence-electron chi connectivity index (χ2n) is 7.23. The lowest BCUT2D eigenvalue weighted by atomic mass is 9.69. The van der Waals surface area contributed by atoms with Gasteiger partial charge in [-0.05, 0) is 48.1 Å². The van der Waals surface area contributed by atoms with E-state index in [0.717, 1.165) is 6.42 Å². The summed E-state index contributed by atoms with van der Waals surface area (Å²) in [7, 11) is 0. The molecule has 3 atom stereocenters. The fourth-order valence-corrected chi connectivity index (χ4v) is 4.55. The quantitative estimate of drug-likeness (QED) is 0.640. The standard InChI is InChI=1S/C16H21ClN2O2/c1-15(2)10-6-7-16(15,3)14(8-10)18-12-5-4-11(17)9-13(12)19(20)21/h4-5,9-10,14,18H,6-8H2,1-3H3. The van der Waals surface area contributed by atoms with E-state index in [2.05, 4.69) is 26.1 Å². The van der Waals surface area contributed by atoms with Crippen LogP contribution >= 0.6 is 11.6 Å². The van der Waals surface area contributed by atoms with Gasteiger partial charge in [-0.2, -0.15) is 0 Å². The highest BCUT2D eigenvalue weighted by molar-refractivity contribution is 6.30. The van der Waals surface area contributed by atoms with Gasteiger partial charge >= 0.3 is 0 Å². The number of rotatable bonds is 3. The molecular weight excluding hydrogens is 288 g/mol. The average Bonchev–Trinajstić information content (AvgIpc) is 2.73. The number of anilines is 1. The Morgan fingerprint density at radius 1 is 1.38 bits per heavy atom. The summed E-state index contributed by atoms with van der Waals surface area (Å²) < 4.78 is 0. The molecule has 0 aromatic heterocycles. The molecule has 1 aromatic carbocycles. The number of nitrogens with zero attached hydrogens (tertiary/aromatic N) is 1. The van der Waals surface area contributed by atoms with Crippen molar-refractivity contribution in [2.45, 2.75) is 46.1 Å². The van der Waals surface area contributed by atoms with E-state index >= 15 is 0 Å². The highest BCUT2D eigenvalue weighted by Crippen LogP contribution is 2.66. The number of halogens is 1. The van der Waals surface area contributed by atoms with E-state index in [-0.39, 0.29) is 27.5 Å². The number of hydrogen-bond acceptors (Lipinski definition) is 3. The third kappa shape index (κ3) is 2.03. The smallest absolute Gasteiger partial charge is 0.293 e. The van der Waals surface area contributed by atoms with Crippen LogP contribution < -0.4 is 5.32 Å². The molecule has 4 nitrogen and oxygen atoms in total. The molecule has 2 saturated carbocycles. The number of nitro benzene ring substituents is 1. The minimum absolute atomic E-state index is 0.0617. The van der Waals surface area contributed by atoms with Crippen LogP contribution in [0.15, 0.2) is 18.2 Å². The lowest BCUT2D eigenvalue weighted by Crippen LogP contribution is -2.40. The zero-order valence-corrected chi connectivity index (χ0v) is 13.4. The fraction of sp³-hybridized carbons (Fsp3) is 0.625. The molecule has 0 spiro atoms. The topological polar surface area (TPSA) is 55.2 Å². The molecule has 5 heteroatoms. The van der Waals surface area contributed by atoms with Gasteiger partial charge in [-0.15, -0.1) is 0 Å². The summed E-state index contributed by atoms with van der Waals surface area (Å²) >= 11 is 5.88. The van der Waals surface area contributed by atoms with Crippen LogP contribution in [0, 0.1) is 26.9 Å². The SMILES string of the molecule is CC1(C)C2CCC1(C)C(Nc1ccc(Cl)cc1[N+](=O)[O-])C2. The van der Waals surface area contributed by atoms with Crippen molar-refractivity contribution in [1.29, 1.82) is 0 Å². The van der Waals surface area contributed by atoms with Gasteiger partial charge in [0.05, 0.1) is 4.92 Å². The Hall–Kier alpha value is -1.29. The Bertz CT molecular complexity index is 602. The molecule has 114 valence electrons. The highest BCUT2D eigenvalue weighted by Gasteiger charge is 2.61. The van der Waals surface area contributed by atoms with Crippen molar-refractivity contribution >= 4 is 23.0 Å². The lowest BCUT2D eigenvalue weighted by Gasteiger charge is -2.39. The number of hydrogen-bond donors (Lipinski definition) is 1. The van der Waals surface area contributed by atoms with Crippen LogP contribution in [0.1, 0.15) is 40.0 Å². The summed E-state index contributed by atoms with van der Waals surface area (Å²) in [4.78, 5) is 10.9. The number of fused-ring (bicyclic) bond motifs is 2. The van der Waals surface area contributed by atoms with E-state index < -0.39 is 0 Å². The summed E-state index contributed by atoms with van der Waals surface area (Å²) in [6, 6.07) is 5.14. The zero-order chi connectivity index (χ0) is 15.4.